The molecule has 0 aliphatic carbocycles. The molecular weight excluding hydrogens is 333 g/mol. The van der Waals surface area contributed by atoms with Gasteiger partial charge in [-0.2, -0.15) is 0 Å². The zero-order valence-electron chi connectivity index (χ0n) is 12.5. The third-order valence-electron chi connectivity index (χ3n) is 3.53. The molecule has 0 fully saturated rings. The summed E-state index contributed by atoms with van der Waals surface area (Å²) in [6.07, 6.45) is 1.26. The normalized spacial score (nSPS) is 12.1. The highest BCUT2D eigenvalue weighted by Gasteiger charge is 2.30. The van der Waals surface area contributed by atoms with Gasteiger partial charge in [0.2, 0.25) is 0 Å². The lowest BCUT2D eigenvalue weighted by Gasteiger charge is -2.26. The van der Waals surface area contributed by atoms with Crippen LogP contribution in [0.3, 0.4) is 0 Å². The number of halogens is 1. The van der Waals surface area contributed by atoms with Crippen molar-refractivity contribution in [2.75, 3.05) is 4.90 Å². The molecule has 3 aromatic rings. The van der Waals surface area contributed by atoms with Gasteiger partial charge in [-0.15, -0.1) is 11.3 Å². The van der Waals surface area contributed by atoms with Crippen LogP contribution in [0.2, 0.25) is 0 Å². The predicted molar refractivity (Wildman–Crippen MR) is 87.7 cm³/mol. The summed E-state index contributed by atoms with van der Waals surface area (Å²) in [4.78, 5) is 34.2. The number of hydrogen-bond acceptors (Lipinski definition) is 5. The maximum Gasteiger partial charge on any atom is 0.326 e. The minimum absolute atomic E-state index is 0.110. The predicted octanol–water partition coefficient (Wildman–Crippen LogP) is 2.95. The van der Waals surface area contributed by atoms with Gasteiger partial charge in [0.05, 0.1) is 0 Å². The summed E-state index contributed by atoms with van der Waals surface area (Å²) in [6, 6.07) is 5.62. The molecule has 0 bridgehead atoms. The lowest BCUT2D eigenvalue weighted by molar-refractivity contribution is -0.138. The smallest absolute Gasteiger partial charge is 0.326 e. The second-order valence-corrected chi connectivity index (χ2v) is 5.92. The number of carboxylic acid groups (broad SMARTS) is 1. The maximum atomic E-state index is 13.2. The number of fused-ring (bicyclic) bond motifs is 1. The van der Waals surface area contributed by atoms with Crippen molar-refractivity contribution < 1.29 is 19.1 Å². The number of rotatable bonds is 4. The maximum absolute atomic E-state index is 13.2. The lowest BCUT2D eigenvalue weighted by Crippen LogP contribution is -2.44. The second-order valence-electron chi connectivity index (χ2n) is 5.03. The molecule has 1 aromatic carbocycles. The number of carboxylic acids is 1. The van der Waals surface area contributed by atoms with Crippen molar-refractivity contribution in [3.05, 3.63) is 53.6 Å². The van der Waals surface area contributed by atoms with Crippen LogP contribution in [0, 0.1) is 5.82 Å². The first-order valence-electron chi connectivity index (χ1n) is 6.99. The topological polar surface area (TPSA) is 83.4 Å². The Bertz CT molecular complexity index is 910. The van der Waals surface area contributed by atoms with Gasteiger partial charge in [-0.25, -0.2) is 19.2 Å². The Balaban J connectivity index is 2.11. The van der Waals surface area contributed by atoms with Crippen molar-refractivity contribution in [3.8, 4) is 0 Å². The van der Waals surface area contributed by atoms with E-state index in [1.165, 1.54) is 48.9 Å². The minimum Gasteiger partial charge on any atom is -0.480 e. The van der Waals surface area contributed by atoms with E-state index in [2.05, 4.69) is 9.97 Å². The molecule has 0 aliphatic rings. The summed E-state index contributed by atoms with van der Waals surface area (Å²) >= 11 is 1.36. The number of aromatic nitrogens is 2. The Hall–Kier alpha value is -2.87. The molecule has 2 heterocycles. The molecule has 122 valence electrons. The Kier molecular flexibility index (Phi) is 4.22. The standard InChI is InChI=1S/C16H12FN3O3S/c1-9(16(22)23)20(11-4-2-10(17)3-5-11)15(21)13-12-6-7-24-14(12)19-8-18-13/h2-9H,1H3,(H,22,23). The van der Waals surface area contributed by atoms with E-state index in [1.807, 2.05) is 0 Å². The average Bonchev–Trinajstić information content (AvgIpc) is 3.05. The van der Waals surface area contributed by atoms with E-state index in [1.54, 1.807) is 11.4 Å². The van der Waals surface area contributed by atoms with E-state index < -0.39 is 23.7 Å². The van der Waals surface area contributed by atoms with Crippen molar-refractivity contribution in [2.24, 2.45) is 0 Å². The van der Waals surface area contributed by atoms with Gasteiger partial charge in [-0.1, -0.05) is 0 Å². The molecule has 1 unspecified atom stereocenters. The first kappa shape index (κ1) is 16.0. The number of hydrogen-bond donors (Lipinski definition) is 1. The first-order chi connectivity index (χ1) is 11.5. The van der Waals surface area contributed by atoms with Gasteiger partial charge in [0.15, 0.2) is 0 Å². The van der Waals surface area contributed by atoms with Crippen LogP contribution >= 0.6 is 11.3 Å². The van der Waals surface area contributed by atoms with Crippen LogP contribution in [0.1, 0.15) is 17.4 Å². The quantitative estimate of drug-likeness (QED) is 0.786. The van der Waals surface area contributed by atoms with Crippen LogP contribution < -0.4 is 4.90 Å². The van der Waals surface area contributed by atoms with Gasteiger partial charge in [0.25, 0.3) is 5.91 Å². The van der Waals surface area contributed by atoms with Crippen LogP contribution in [-0.4, -0.2) is 33.0 Å². The zero-order valence-corrected chi connectivity index (χ0v) is 13.3. The SMILES string of the molecule is CC(C(=O)O)N(C(=O)c1ncnc2sccc12)c1ccc(F)cc1. The molecule has 3 rings (SSSR count). The van der Waals surface area contributed by atoms with Crippen molar-refractivity contribution in [3.63, 3.8) is 0 Å². The molecule has 0 saturated carbocycles. The summed E-state index contributed by atoms with van der Waals surface area (Å²) in [5.41, 5.74) is 0.386. The van der Waals surface area contributed by atoms with Gasteiger partial charge in [0, 0.05) is 11.1 Å². The molecule has 8 heteroatoms. The number of carbonyl (C=O) groups is 2. The van der Waals surface area contributed by atoms with Crippen LogP contribution in [0.5, 0.6) is 0 Å². The Labute approximate surface area is 140 Å². The fraction of sp³-hybridized carbons (Fsp3) is 0.125. The van der Waals surface area contributed by atoms with Crippen LogP contribution in [-0.2, 0) is 4.79 Å². The number of amides is 1. The number of carbonyl (C=O) groups excluding carboxylic acids is 1. The van der Waals surface area contributed by atoms with Crippen LogP contribution in [0.25, 0.3) is 10.2 Å². The van der Waals surface area contributed by atoms with E-state index >= 15 is 0 Å². The molecule has 6 nitrogen and oxygen atoms in total. The van der Waals surface area contributed by atoms with E-state index in [0.29, 0.717) is 10.2 Å². The third kappa shape index (κ3) is 2.83. The number of anilines is 1. The number of aliphatic carboxylic acids is 1. The minimum atomic E-state index is -1.18. The number of thiophene rings is 1. The van der Waals surface area contributed by atoms with E-state index in [4.69, 9.17) is 0 Å². The Morgan fingerprint density at radius 1 is 1.21 bits per heavy atom. The molecule has 0 saturated heterocycles. The fourth-order valence-corrected chi connectivity index (χ4v) is 3.04. The Morgan fingerprint density at radius 3 is 2.58 bits per heavy atom. The largest absolute Gasteiger partial charge is 0.480 e. The molecule has 1 amide bonds. The summed E-state index contributed by atoms with van der Waals surface area (Å²) in [5.74, 6) is -2.23. The Morgan fingerprint density at radius 2 is 1.92 bits per heavy atom. The molecule has 0 aliphatic heterocycles. The molecule has 1 atom stereocenters. The van der Waals surface area contributed by atoms with E-state index in [-0.39, 0.29) is 11.4 Å². The molecule has 1 N–H and O–H groups in total. The summed E-state index contributed by atoms with van der Waals surface area (Å²) < 4.78 is 13.2. The zero-order chi connectivity index (χ0) is 17.3. The molecule has 2 aromatic heterocycles. The molecule has 0 radical (unpaired) electrons. The van der Waals surface area contributed by atoms with E-state index in [0.717, 1.165) is 4.90 Å². The van der Waals surface area contributed by atoms with Crippen LogP contribution in [0.4, 0.5) is 10.1 Å². The lowest BCUT2D eigenvalue weighted by atomic mass is 10.1. The summed E-state index contributed by atoms with van der Waals surface area (Å²) in [5, 5.41) is 11.7. The van der Waals surface area contributed by atoms with E-state index in [9.17, 15) is 19.1 Å². The molecular formula is C16H12FN3O3S. The van der Waals surface area contributed by atoms with Crippen LogP contribution in [0.15, 0.2) is 42.0 Å². The number of nitrogens with zero attached hydrogens (tertiary/aromatic N) is 3. The van der Waals surface area contributed by atoms with Gasteiger partial charge in [-0.3, -0.25) is 9.69 Å². The van der Waals surface area contributed by atoms with Crippen molar-refractivity contribution in [1.29, 1.82) is 0 Å². The van der Waals surface area contributed by atoms with Gasteiger partial charge < -0.3 is 5.11 Å². The highest BCUT2D eigenvalue weighted by Crippen LogP contribution is 2.25. The fourth-order valence-electron chi connectivity index (χ4n) is 2.30. The first-order valence-corrected chi connectivity index (χ1v) is 7.87. The molecule has 24 heavy (non-hydrogen) atoms. The highest BCUT2D eigenvalue weighted by molar-refractivity contribution is 7.16. The number of benzene rings is 1. The highest BCUT2D eigenvalue weighted by atomic mass is 32.1. The molecule has 0 spiro atoms. The summed E-state index contributed by atoms with van der Waals surface area (Å²) in [6.45, 7) is 1.38. The third-order valence-corrected chi connectivity index (χ3v) is 4.35. The van der Waals surface area contributed by atoms with Crippen molar-refractivity contribution >= 4 is 39.1 Å². The van der Waals surface area contributed by atoms with Gasteiger partial charge in [0.1, 0.15) is 28.7 Å². The monoisotopic (exact) mass is 345 g/mol. The van der Waals surface area contributed by atoms with Gasteiger partial charge >= 0.3 is 5.97 Å². The van der Waals surface area contributed by atoms with Gasteiger partial charge in [-0.05, 0) is 42.6 Å². The average molecular weight is 345 g/mol. The second kappa shape index (κ2) is 6.32. The van der Waals surface area contributed by atoms with Crippen molar-refractivity contribution in [1.82, 2.24) is 9.97 Å². The summed E-state index contributed by atoms with van der Waals surface area (Å²) in [7, 11) is 0. The van der Waals surface area contributed by atoms with Crippen molar-refractivity contribution in [2.45, 2.75) is 13.0 Å².